The summed E-state index contributed by atoms with van der Waals surface area (Å²) in [6.07, 6.45) is 8.27. The fourth-order valence-corrected chi connectivity index (χ4v) is 3.02. The molecule has 0 aliphatic carbocycles. The van der Waals surface area contributed by atoms with Crippen LogP contribution in [0.5, 0.6) is 11.5 Å². The zero-order chi connectivity index (χ0) is 20.8. The molecule has 158 valence electrons. The number of nitrogens with zero attached hydrogens (tertiary/aromatic N) is 2. The SMILES string of the molecule is C/C=C/COc1cc(C)c(OCCCCCN(C)CC(CC)=NOC)c(C)c1. The maximum Gasteiger partial charge on any atom is 0.125 e. The number of hydrogen-bond acceptors (Lipinski definition) is 5. The zero-order valence-corrected chi connectivity index (χ0v) is 18.6. The fraction of sp³-hybridized carbons (Fsp3) is 0.609. The predicted octanol–water partition coefficient (Wildman–Crippen LogP) is 5.15. The van der Waals surface area contributed by atoms with Gasteiger partial charge in [-0.15, -0.1) is 0 Å². The minimum atomic E-state index is 0.598. The summed E-state index contributed by atoms with van der Waals surface area (Å²) < 4.78 is 11.8. The average molecular weight is 391 g/mol. The molecule has 0 saturated carbocycles. The van der Waals surface area contributed by atoms with Gasteiger partial charge in [0.1, 0.15) is 25.2 Å². The summed E-state index contributed by atoms with van der Waals surface area (Å²) in [5.74, 6) is 1.88. The molecular weight excluding hydrogens is 352 g/mol. The Morgan fingerprint density at radius 2 is 1.82 bits per heavy atom. The molecular formula is C23H38N2O3. The fourth-order valence-electron chi connectivity index (χ4n) is 3.02. The molecule has 0 aromatic heterocycles. The highest BCUT2D eigenvalue weighted by molar-refractivity contribution is 5.85. The van der Waals surface area contributed by atoms with Crippen LogP contribution in [0.15, 0.2) is 29.4 Å². The predicted molar refractivity (Wildman–Crippen MR) is 118 cm³/mol. The number of aryl methyl sites for hydroxylation is 2. The number of ether oxygens (including phenoxy) is 2. The maximum absolute atomic E-state index is 6.05. The van der Waals surface area contributed by atoms with Crippen molar-refractivity contribution < 1.29 is 14.3 Å². The number of allylic oxidation sites excluding steroid dienone is 1. The van der Waals surface area contributed by atoms with E-state index >= 15 is 0 Å². The summed E-state index contributed by atoms with van der Waals surface area (Å²) in [6.45, 7) is 11.5. The molecule has 1 rings (SSSR count). The van der Waals surface area contributed by atoms with Crippen molar-refractivity contribution in [2.24, 2.45) is 5.16 Å². The Hall–Kier alpha value is -2.01. The van der Waals surface area contributed by atoms with Crippen LogP contribution in [0.2, 0.25) is 0 Å². The first-order valence-electron chi connectivity index (χ1n) is 10.3. The van der Waals surface area contributed by atoms with Crippen LogP contribution < -0.4 is 9.47 Å². The van der Waals surface area contributed by atoms with Gasteiger partial charge in [0, 0.05) is 6.54 Å². The number of hydrogen-bond donors (Lipinski definition) is 0. The van der Waals surface area contributed by atoms with E-state index in [0.717, 1.165) is 73.7 Å². The summed E-state index contributed by atoms with van der Waals surface area (Å²) >= 11 is 0. The van der Waals surface area contributed by atoms with Gasteiger partial charge < -0.3 is 19.2 Å². The topological polar surface area (TPSA) is 43.3 Å². The van der Waals surface area contributed by atoms with E-state index in [9.17, 15) is 0 Å². The van der Waals surface area contributed by atoms with Crippen molar-refractivity contribution in [1.82, 2.24) is 4.90 Å². The molecule has 0 fully saturated rings. The van der Waals surface area contributed by atoms with E-state index in [0.29, 0.717) is 6.61 Å². The summed E-state index contributed by atoms with van der Waals surface area (Å²) in [5.41, 5.74) is 3.33. The molecule has 0 radical (unpaired) electrons. The molecule has 0 heterocycles. The van der Waals surface area contributed by atoms with Crippen molar-refractivity contribution in [1.29, 1.82) is 0 Å². The van der Waals surface area contributed by atoms with Crippen molar-refractivity contribution in [3.8, 4) is 11.5 Å². The molecule has 1 aromatic rings. The Kier molecular flexibility index (Phi) is 12.1. The number of unbranched alkanes of at least 4 members (excludes halogenated alkanes) is 2. The third-order valence-corrected chi connectivity index (χ3v) is 4.53. The second-order valence-corrected chi connectivity index (χ2v) is 7.11. The lowest BCUT2D eigenvalue weighted by atomic mass is 10.1. The van der Waals surface area contributed by atoms with E-state index in [1.807, 2.05) is 31.2 Å². The van der Waals surface area contributed by atoms with E-state index in [1.165, 1.54) is 0 Å². The molecule has 0 N–H and O–H groups in total. The highest BCUT2D eigenvalue weighted by Gasteiger charge is 2.08. The molecule has 0 aliphatic heterocycles. The minimum absolute atomic E-state index is 0.598. The summed E-state index contributed by atoms with van der Waals surface area (Å²) in [4.78, 5) is 7.17. The van der Waals surface area contributed by atoms with Gasteiger partial charge >= 0.3 is 0 Å². The first-order chi connectivity index (χ1) is 13.5. The van der Waals surface area contributed by atoms with E-state index in [1.54, 1.807) is 7.11 Å². The van der Waals surface area contributed by atoms with Gasteiger partial charge in [-0.2, -0.15) is 0 Å². The maximum atomic E-state index is 6.05. The highest BCUT2D eigenvalue weighted by atomic mass is 16.6. The highest BCUT2D eigenvalue weighted by Crippen LogP contribution is 2.28. The first-order valence-corrected chi connectivity index (χ1v) is 10.3. The molecule has 0 amide bonds. The molecule has 0 unspecified atom stereocenters. The van der Waals surface area contributed by atoms with Crippen LogP contribution in [0, 0.1) is 13.8 Å². The minimum Gasteiger partial charge on any atom is -0.493 e. The van der Waals surface area contributed by atoms with Crippen LogP contribution in [-0.4, -0.2) is 51.1 Å². The van der Waals surface area contributed by atoms with Gasteiger partial charge in [-0.3, -0.25) is 0 Å². The first kappa shape index (κ1) is 24.0. The largest absolute Gasteiger partial charge is 0.493 e. The monoisotopic (exact) mass is 390 g/mol. The van der Waals surface area contributed by atoms with Crippen LogP contribution >= 0.6 is 0 Å². The van der Waals surface area contributed by atoms with Gasteiger partial charge in [-0.25, -0.2) is 0 Å². The Labute approximate surface area is 171 Å². The third kappa shape index (κ3) is 9.27. The van der Waals surface area contributed by atoms with Crippen molar-refractivity contribution in [3.05, 3.63) is 35.4 Å². The molecule has 0 aliphatic rings. The Morgan fingerprint density at radius 3 is 2.43 bits per heavy atom. The number of oxime groups is 1. The van der Waals surface area contributed by atoms with Gasteiger partial charge in [0.25, 0.3) is 0 Å². The Balaban J connectivity index is 2.31. The van der Waals surface area contributed by atoms with E-state index in [2.05, 4.69) is 37.9 Å². The standard InChI is InChI=1S/C23H38N2O3/c1-7-9-14-27-22-16-19(3)23(20(4)17-22)28-15-12-10-11-13-25(5)18-21(8-2)24-26-6/h7,9,16-17H,8,10-15,18H2,1-6H3/b9-7+,24-21?. The van der Waals surface area contributed by atoms with Crippen LogP contribution in [0.25, 0.3) is 0 Å². The Bertz CT molecular complexity index is 603. The van der Waals surface area contributed by atoms with Gasteiger partial charge in [0.05, 0.1) is 12.3 Å². The van der Waals surface area contributed by atoms with Crippen molar-refractivity contribution in [2.75, 3.05) is 40.5 Å². The lowest BCUT2D eigenvalue weighted by molar-refractivity contribution is 0.210. The van der Waals surface area contributed by atoms with Crippen LogP contribution in [-0.2, 0) is 4.84 Å². The quantitative estimate of drug-likeness (QED) is 0.191. The molecule has 5 heteroatoms. The summed E-state index contributed by atoms with van der Waals surface area (Å²) in [7, 11) is 3.73. The third-order valence-electron chi connectivity index (χ3n) is 4.53. The molecule has 28 heavy (non-hydrogen) atoms. The molecule has 5 nitrogen and oxygen atoms in total. The van der Waals surface area contributed by atoms with Crippen molar-refractivity contribution >= 4 is 5.71 Å². The van der Waals surface area contributed by atoms with Crippen LogP contribution in [0.4, 0.5) is 0 Å². The van der Waals surface area contributed by atoms with Crippen molar-refractivity contribution in [2.45, 2.75) is 53.4 Å². The lowest BCUT2D eigenvalue weighted by Gasteiger charge is -2.17. The molecule has 0 saturated heterocycles. The van der Waals surface area contributed by atoms with Crippen LogP contribution in [0.1, 0.15) is 50.7 Å². The second-order valence-electron chi connectivity index (χ2n) is 7.11. The van der Waals surface area contributed by atoms with Gasteiger partial charge in [0.2, 0.25) is 0 Å². The molecule has 0 bridgehead atoms. The smallest absolute Gasteiger partial charge is 0.125 e. The number of rotatable bonds is 14. The van der Waals surface area contributed by atoms with Gasteiger partial charge in [-0.05, 0) is 83.3 Å². The van der Waals surface area contributed by atoms with E-state index < -0.39 is 0 Å². The number of benzene rings is 1. The van der Waals surface area contributed by atoms with Gasteiger partial charge in [0.15, 0.2) is 0 Å². The molecule has 0 spiro atoms. The van der Waals surface area contributed by atoms with Crippen LogP contribution in [0.3, 0.4) is 0 Å². The Morgan fingerprint density at radius 1 is 1.11 bits per heavy atom. The summed E-state index contributed by atoms with van der Waals surface area (Å²) in [6, 6.07) is 4.10. The lowest BCUT2D eigenvalue weighted by Crippen LogP contribution is -2.26. The molecule has 1 aromatic carbocycles. The van der Waals surface area contributed by atoms with Gasteiger partial charge in [-0.1, -0.05) is 24.2 Å². The van der Waals surface area contributed by atoms with E-state index in [4.69, 9.17) is 14.3 Å². The summed E-state index contributed by atoms with van der Waals surface area (Å²) in [5, 5.41) is 4.06. The normalized spacial score (nSPS) is 12.0. The zero-order valence-electron chi connectivity index (χ0n) is 18.6. The average Bonchev–Trinajstić information content (AvgIpc) is 2.66. The van der Waals surface area contributed by atoms with Crippen molar-refractivity contribution in [3.63, 3.8) is 0 Å². The molecule has 0 atom stereocenters. The van der Waals surface area contributed by atoms with E-state index in [-0.39, 0.29) is 0 Å². The second kappa shape index (κ2) is 14.1.